The molecule has 4 atom stereocenters. The van der Waals surface area contributed by atoms with E-state index < -0.39 is 46.0 Å². The molecule has 0 saturated carbocycles. The standard InChI is InChI=1S/C20H30N4O5S/c1-4-5-10-22-17(27)14(18-24-15(19(28)29)20(2,3)30-18)23-16(26)13(21)11-6-8-12(25)9-7-11/h6-9,13-15,18,24-25H,4-5,10,21H2,1-3H3,(H,22,27)(H,23,26)(H,28,29)/p-1/t13-,14-,15+,18-/m1/s1. The van der Waals surface area contributed by atoms with Crippen molar-refractivity contribution in [3.8, 4) is 5.75 Å². The number of carbonyl (C=O) groups excluding carboxylic acids is 3. The molecule has 6 N–H and O–H groups in total. The highest BCUT2D eigenvalue weighted by Gasteiger charge is 2.46. The van der Waals surface area contributed by atoms with Gasteiger partial charge in [-0.15, -0.1) is 11.8 Å². The Morgan fingerprint density at radius 2 is 1.90 bits per heavy atom. The molecule has 1 saturated heterocycles. The molecule has 0 aliphatic carbocycles. The van der Waals surface area contributed by atoms with Crippen LogP contribution in [-0.4, -0.2) is 51.6 Å². The predicted molar refractivity (Wildman–Crippen MR) is 112 cm³/mol. The molecule has 0 radical (unpaired) electrons. The van der Waals surface area contributed by atoms with Crippen LogP contribution in [0.5, 0.6) is 5.75 Å². The number of carboxylic acids is 1. The minimum atomic E-state index is -1.27. The van der Waals surface area contributed by atoms with E-state index in [9.17, 15) is 24.6 Å². The van der Waals surface area contributed by atoms with Crippen molar-refractivity contribution in [3.05, 3.63) is 29.8 Å². The normalized spacial score (nSPS) is 22.1. The fraction of sp³-hybridized carbons (Fsp3) is 0.550. The number of benzene rings is 1. The summed E-state index contributed by atoms with van der Waals surface area (Å²) in [5, 5.41) is 28.6. The lowest BCUT2D eigenvalue weighted by atomic mass is 10.0. The highest BCUT2D eigenvalue weighted by atomic mass is 32.2. The molecule has 9 nitrogen and oxygen atoms in total. The molecule has 1 aliphatic rings. The van der Waals surface area contributed by atoms with Gasteiger partial charge in [0.15, 0.2) is 0 Å². The average Bonchev–Trinajstić information content (AvgIpc) is 3.01. The molecule has 2 rings (SSSR count). The summed E-state index contributed by atoms with van der Waals surface area (Å²) in [7, 11) is 0. The lowest BCUT2D eigenvalue weighted by Crippen LogP contribution is -2.59. The molecule has 0 aromatic heterocycles. The van der Waals surface area contributed by atoms with E-state index in [-0.39, 0.29) is 5.75 Å². The van der Waals surface area contributed by atoms with E-state index in [1.807, 2.05) is 6.92 Å². The second-order valence-electron chi connectivity index (χ2n) is 7.76. The Balaban J connectivity index is 2.19. The van der Waals surface area contributed by atoms with Crippen molar-refractivity contribution in [1.29, 1.82) is 0 Å². The second kappa shape index (κ2) is 10.1. The van der Waals surface area contributed by atoms with Gasteiger partial charge in [0.05, 0.1) is 17.4 Å². The zero-order valence-corrected chi connectivity index (χ0v) is 18.1. The van der Waals surface area contributed by atoms with Crippen LogP contribution in [0.4, 0.5) is 0 Å². The van der Waals surface area contributed by atoms with E-state index in [1.165, 1.54) is 36.0 Å². The smallest absolute Gasteiger partial charge is 0.245 e. The number of aliphatic carboxylic acids is 1. The van der Waals surface area contributed by atoms with Gasteiger partial charge >= 0.3 is 0 Å². The number of phenolic OH excluding ortho intramolecular Hbond substituents is 1. The maximum atomic E-state index is 12.8. The van der Waals surface area contributed by atoms with E-state index in [1.54, 1.807) is 13.8 Å². The third-order valence-electron chi connectivity index (χ3n) is 4.94. The number of phenols is 1. The zero-order valence-electron chi connectivity index (χ0n) is 17.3. The fourth-order valence-corrected chi connectivity index (χ4v) is 4.65. The first kappa shape index (κ1) is 24.0. The van der Waals surface area contributed by atoms with E-state index >= 15 is 0 Å². The Morgan fingerprint density at radius 1 is 1.27 bits per heavy atom. The monoisotopic (exact) mass is 437 g/mol. The minimum absolute atomic E-state index is 0.0432. The van der Waals surface area contributed by atoms with Crippen molar-refractivity contribution in [1.82, 2.24) is 16.0 Å². The lowest BCUT2D eigenvalue weighted by Gasteiger charge is -2.26. The van der Waals surface area contributed by atoms with Crippen LogP contribution in [0.25, 0.3) is 0 Å². The summed E-state index contributed by atoms with van der Waals surface area (Å²) >= 11 is 1.25. The van der Waals surface area contributed by atoms with Gasteiger partial charge in [0, 0.05) is 11.3 Å². The molecule has 1 aromatic rings. The molecule has 0 bridgehead atoms. The van der Waals surface area contributed by atoms with Crippen molar-refractivity contribution in [3.63, 3.8) is 0 Å². The van der Waals surface area contributed by atoms with Crippen LogP contribution in [0.2, 0.25) is 0 Å². The fourth-order valence-electron chi connectivity index (χ4n) is 3.16. The van der Waals surface area contributed by atoms with Gasteiger partial charge in [-0.25, -0.2) is 0 Å². The lowest BCUT2D eigenvalue weighted by molar-refractivity contribution is -0.308. The number of thioether (sulfide) groups is 1. The van der Waals surface area contributed by atoms with E-state index in [4.69, 9.17) is 5.73 Å². The quantitative estimate of drug-likeness (QED) is 0.319. The van der Waals surface area contributed by atoms with Gasteiger partial charge in [-0.2, -0.15) is 0 Å². The first-order valence-electron chi connectivity index (χ1n) is 9.84. The average molecular weight is 438 g/mol. The summed E-state index contributed by atoms with van der Waals surface area (Å²) < 4.78 is -0.741. The molecule has 2 amide bonds. The van der Waals surface area contributed by atoms with Gasteiger partial charge < -0.3 is 31.4 Å². The topological polar surface area (TPSA) is 157 Å². The molecule has 1 fully saturated rings. The predicted octanol–water partition coefficient (Wildman–Crippen LogP) is -0.647. The number of carbonyl (C=O) groups is 3. The summed E-state index contributed by atoms with van der Waals surface area (Å²) in [4.78, 5) is 37.1. The van der Waals surface area contributed by atoms with Crippen molar-refractivity contribution in [2.24, 2.45) is 5.73 Å². The molecule has 10 heteroatoms. The molecule has 0 unspecified atom stereocenters. The molecule has 0 spiro atoms. The molecule has 1 heterocycles. The highest BCUT2D eigenvalue weighted by Crippen LogP contribution is 2.39. The van der Waals surface area contributed by atoms with Crippen molar-refractivity contribution in [2.75, 3.05) is 6.54 Å². The van der Waals surface area contributed by atoms with Crippen LogP contribution in [0.1, 0.15) is 45.2 Å². The third-order valence-corrected chi connectivity index (χ3v) is 6.45. The van der Waals surface area contributed by atoms with Crippen LogP contribution in [0, 0.1) is 0 Å². The van der Waals surface area contributed by atoms with Gasteiger partial charge in [-0.1, -0.05) is 25.5 Å². The second-order valence-corrected chi connectivity index (χ2v) is 9.56. The number of carboxylic acid groups (broad SMARTS) is 1. The zero-order chi connectivity index (χ0) is 22.5. The van der Waals surface area contributed by atoms with E-state index in [0.29, 0.717) is 12.1 Å². The number of nitrogens with two attached hydrogens (primary N) is 1. The summed E-state index contributed by atoms with van der Waals surface area (Å²) in [5.74, 6) is -2.24. The first-order valence-corrected chi connectivity index (χ1v) is 10.7. The molecule has 30 heavy (non-hydrogen) atoms. The minimum Gasteiger partial charge on any atom is -0.548 e. The molecular weight excluding hydrogens is 408 g/mol. The highest BCUT2D eigenvalue weighted by molar-refractivity contribution is 8.01. The molecule has 166 valence electrons. The number of hydrogen-bond acceptors (Lipinski definition) is 8. The first-order chi connectivity index (χ1) is 14.1. The number of aromatic hydroxyl groups is 1. The number of hydrogen-bond donors (Lipinski definition) is 5. The van der Waals surface area contributed by atoms with Crippen LogP contribution in [-0.2, 0) is 14.4 Å². The summed E-state index contributed by atoms with van der Waals surface area (Å²) in [6.45, 7) is 5.90. The van der Waals surface area contributed by atoms with Gasteiger partial charge in [-0.3, -0.25) is 14.9 Å². The summed E-state index contributed by atoms with van der Waals surface area (Å²) in [6, 6.07) is 2.79. The van der Waals surface area contributed by atoms with Gasteiger partial charge in [0.2, 0.25) is 11.8 Å². The Morgan fingerprint density at radius 3 is 2.43 bits per heavy atom. The van der Waals surface area contributed by atoms with E-state index in [0.717, 1.165) is 12.8 Å². The van der Waals surface area contributed by atoms with Gasteiger partial charge in [-0.05, 0) is 38.0 Å². The van der Waals surface area contributed by atoms with Crippen molar-refractivity contribution in [2.45, 2.75) is 61.9 Å². The van der Waals surface area contributed by atoms with Crippen LogP contribution in [0.15, 0.2) is 24.3 Å². The number of amides is 2. The largest absolute Gasteiger partial charge is 0.548 e. The van der Waals surface area contributed by atoms with Gasteiger partial charge in [0.1, 0.15) is 17.8 Å². The Hall–Kier alpha value is -2.30. The van der Waals surface area contributed by atoms with Crippen molar-refractivity contribution < 1.29 is 24.6 Å². The molecule has 1 aliphatic heterocycles. The maximum Gasteiger partial charge on any atom is 0.245 e. The SMILES string of the molecule is CCCCNC(=O)[C@@H](NC(=O)[C@H](N)c1ccc(O)cc1)[C@@H]1N[C@@H](C(=O)[O-])C(C)(C)S1. The van der Waals surface area contributed by atoms with Crippen molar-refractivity contribution >= 4 is 29.5 Å². The molecule has 1 aromatic carbocycles. The molecular formula is C20H29N4O5S-. The summed E-state index contributed by atoms with van der Waals surface area (Å²) in [6.07, 6.45) is 1.66. The summed E-state index contributed by atoms with van der Waals surface area (Å²) in [5.41, 5.74) is 6.50. The van der Waals surface area contributed by atoms with Gasteiger partial charge in [0.25, 0.3) is 0 Å². The number of unbranched alkanes of at least 4 members (excludes halogenated alkanes) is 1. The van der Waals surface area contributed by atoms with E-state index in [2.05, 4.69) is 16.0 Å². The third kappa shape index (κ3) is 5.87. The Labute approximate surface area is 180 Å². The van der Waals surface area contributed by atoms with Crippen LogP contribution >= 0.6 is 11.8 Å². The van der Waals surface area contributed by atoms with Crippen LogP contribution < -0.4 is 26.8 Å². The Bertz CT molecular complexity index is 771. The van der Waals surface area contributed by atoms with Crippen LogP contribution in [0.3, 0.4) is 0 Å². The number of nitrogens with one attached hydrogen (secondary N) is 3. The number of rotatable bonds is 9. The maximum absolute atomic E-state index is 12.8. The Kier molecular flexibility index (Phi) is 8.10.